The van der Waals surface area contributed by atoms with Crippen LogP contribution >= 0.6 is 23.2 Å². The van der Waals surface area contributed by atoms with Gasteiger partial charge in [-0.15, -0.1) is 0 Å². The Morgan fingerprint density at radius 2 is 1.42 bits per heavy atom. The molecule has 1 heterocycles. The maximum absolute atomic E-state index is 13.9. The van der Waals surface area contributed by atoms with Crippen molar-refractivity contribution in [2.24, 2.45) is 10.8 Å². The van der Waals surface area contributed by atoms with E-state index in [4.69, 9.17) is 32.1 Å². The van der Waals surface area contributed by atoms with Crippen LogP contribution in [0.3, 0.4) is 0 Å². The molecule has 7 nitrogen and oxygen atoms in total. The fourth-order valence-electron chi connectivity index (χ4n) is 6.55. The number of nitrogens with zero attached hydrogens (tertiary/aromatic N) is 1. The second-order valence-corrected chi connectivity index (χ2v) is 15.6. The van der Waals surface area contributed by atoms with E-state index in [-0.39, 0.29) is 38.1 Å². The van der Waals surface area contributed by atoms with Crippen LogP contribution in [0.5, 0.6) is 5.75 Å². The number of Topliss-reactive ketones (excluding diaryl/α,β-unsaturated/α-hetero) is 2. The topological polar surface area (TPSA) is 90.0 Å². The normalized spacial score (nSPS) is 20.3. The van der Waals surface area contributed by atoms with E-state index >= 15 is 0 Å². The second kappa shape index (κ2) is 11.7. The molecule has 0 fully saturated rings. The molecule has 1 aliphatic heterocycles. The van der Waals surface area contributed by atoms with Gasteiger partial charge in [0.05, 0.1) is 5.02 Å². The van der Waals surface area contributed by atoms with Gasteiger partial charge in [0.25, 0.3) is 0 Å². The summed E-state index contributed by atoms with van der Waals surface area (Å²) >= 11 is 12.6. The Hall–Kier alpha value is -2.65. The van der Waals surface area contributed by atoms with Crippen LogP contribution in [0.25, 0.3) is 0 Å². The van der Waals surface area contributed by atoms with Crippen molar-refractivity contribution in [3.63, 3.8) is 0 Å². The van der Waals surface area contributed by atoms with Crippen molar-refractivity contribution in [3.05, 3.63) is 80.6 Å². The predicted molar refractivity (Wildman–Crippen MR) is 167 cm³/mol. The fourth-order valence-corrected chi connectivity index (χ4v) is 7.90. The molecular weight excluding hydrogens is 609 g/mol. The summed E-state index contributed by atoms with van der Waals surface area (Å²) in [6, 6.07) is 10.5. The Bertz CT molecular complexity index is 1590. The lowest BCUT2D eigenvalue weighted by Gasteiger charge is -2.49. The first-order chi connectivity index (χ1) is 20.1. The van der Waals surface area contributed by atoms with Gasteiger partial charge >= 0.3 is 10.1 Å². The SMILES string of the molecule is COCCCN1C2=C(C(=O)CC(C)(C)C2)C(c2ccc(OS(=O)(=O)c3ccc(Cl)cc3)c(Cl)c2)C2=C1CC(C)(C)CC2=O. The number of carbonyl (C=O) groups is 2. The van der Waals surface area contributed by atoms with Gasteiger partial charge in [-0.3, -0.25) is 9.59 Å². The second-order valence-electron chi connectivity index (χ2n) is 13.2. The molecule has 0 bridgehead atoms. The molecule has 0 aromatic heterocycles. The van der Waals surface area contributed by atoms with Crippen molar-refractivity contribution < 1.29 is 26.9 Å². The number of rotatable bonds is 8. The molecule has 43 heavy (non-hydrogen) atoms. The third-order valence-corrected chi connectivity index (χ3v) is 10.1. The highest BCUT2D eigenvalue weighted by atomic mass is 35.5. The molecule has 10 heteroatoms. The minimum atomic E-state index is -4.18. The van der Waals surface area contributed by atoms with E-state index in [0.717, 1.165) is 17.8 Å². The Morgan fingerprint density at radius 3 is 1.93 bits per heavy atom. The first-order valence-corrected chi connectivity index (χ1v) is 16.6. The highest BCUT2D eigenvalue weighted by Crippen LogP contribution is 2.54. The zero-order valence-electron chi connectivity index (χ0n) is 25.1. The lowest BCUT2D eigenvalue weighted by Crippen LogP contribution is -2.44. The Morgan fingerprint density at radius 1 is 0.860 bits per heavy atom. The number of allylic oxidation sites excluding steroid dienone is 4. The van der Waals surface area contributed by atoms with Gasteiger partial charge in [-0.1, -0.05) is 57.0 Å². The van der Waals surface area contributed by atoms with Crippen LogP contribution in [0.2, 0.25) is 10.0 Å². The van der Waals surface area contributed by atoms with Crippen LogP contribution in [0.15, 0.2) is 69.9 Å². The molecule has 0 N–H and O–H groups in total. The number of carbonyl (C=O) groups excluding carboxylic acids is 2. The van der Waals surface area contributed by atoms with E-state index in [1.54, 1.807) is 19.2 Å². The first kappa shape index (κ1) is 31.8. The largest absolute Gasteiger partial charge is 0.385 e. The maximum atomic E-state index is 13.9. The molecule has 2 aliphatic carbocycles. The van der Waals surface area contributed by atoms with Gasteiger partial charge in [-0.2, -0.15) is 8.42 Å². The Balaban J connectivity index is 1.62. The molecule has 230 valence electrons. The molecule has 0 saturated heterocycles. The van der Waals surface area contributed by atoms with Crippen LogP contribution in [0.1, 0.15) is 71.3 Å². The Labute approximate surface area is 264 Å². The van der Waals surface area contributed by atoms with E-state index in [1.165, 1.54) is 30.3 Å². The minimum Gasteiger partial charge on any atom is -0.385 e. The zero-order chi connectivity index (χ0) is 31.3. The molecule has 2 aromatic carbocycles. The summed E-state index contributed by atoms with van der Waals surface area (Å²) in [6.07, 6.45) is 2.86. The molecule has 0 spiro atoms. The average molecular weight is 647 g/mol. The standard InChI is InChI=1S/C33H37Cl2NO6S/c1-32(2)16-24-30(26(37)18-32)29(31-25(36(24)13-6-14-41-5)17-33(3,4)19-27(31)38)20-7-12-28(23(35)15-20)42-43(39,40)22-10-8-21(34)9-11-22/h7-12,15,29H,6,13-14,16-19H2,1-5H3. The predicted octanol–water partition coefficient (Wildman–Crippen LogP) is 7.48. The molecule has 5 rings (SSSR count). The van der Waals surface area contributed by atoms with Crippen LogP contribution < -0.4 is 4.18 Å². The summed E-state index contributed by atoms with van der Waals surface area (Å²) in [5.74, 6) is -0.624. The summed E-state index contributed by atoms with van der Waals surface area (Å²) in [7, 11) is -2.51. The van der Waals surface area contributed by atoms with Crippen molar-refractivity contribution in [2.45, 2.75) is 70.6 Å². The lowest BCUT2D eigenvalue weighted by molar-refractivity contribution is -0.119. The number of hydrogen-bond donors (Lipinski definition) is 0. The van der Waals surface area contributed by atoms with E-state index in [1.807, 2.05) is 0 Å². The Kier molecular flexibility index (Phi) is 8.64. The van der Waals surface area contributed by atoms with Gasteiger partial charge < -0.3 is 13.8 Å². The van der Waals surface area contributed by atoms with Crippen LogP contribution in [0, 0.1) is 10.8 Å². The van der Waals surface area contributed by atoms with Gasteiger partial charge in [0.2, 0.25) is 0 Å². The third-order valence-electron chi connectivity index (χ3n) is 8.34. The minimum absolute atomic E-state index is 0.0129. The maximum Gasteiger partial charge on any atom is 0.339 e. The number of methoxy groups -OCH3 is 1. The monoisotopic (exact) mass is 645 g/mol. The van der Waals surface area contributed by atoms with Gasteiger partial charge in [0.15, 0.2) is 17.3 Å². The van der Waals surface area contributed by atoms with Gasteiger partial charge in [-0.05, 0) is 72.1 Å². The zero-order valence-corrected chi connectivity index (χ0v) is 27.5. The molecule has 2 aromatic rings. The highest BCUT2D eigenvalue weighted by molar-refractivity contribution is 7.87. The highest BCUT2D eigenvalue weighted by Gasteiger charge is 2.49. The number of ketones is 2. The van der Waals surface area contributed by atoms with Crippen molar-refractivity contribution >= 4 is 44.9 Å². The quantitative estimate of drug-likeness (QED) is 0.217. The van der Waals surface area contributed by atoms with Gasteiger partial charge in [0, 0.05) is 66.6 Å². The molecule has 0 saturated carbocycles. The molecular formula is C33H37Cl2NO6S. The first-order valence-electron chi connectivity index (χ1n) is 14.4. The number of benzene rings is 2. The van der Waals surface area contributed by atoms with E-state index in [2.05, 4.69) is 32.6 Å². The molecule has 0 amide bonds. The third kappa shape index (κ3) is 6.44. The van der Waals surface area contributed by atoms with Gasteiger partial charge in [-0.25, -0.2) is 0 Å². The number of ether oxygens (including phenoxy) is 1. The smallest absolute Gasteiger partial charge is 0.339 e. The van der Waals surface area contributed by atoms with Crippen molar-refractivity contribution in [1.29, 1.82) is 0 Å². The van der Waals surface area contributed by atoms with Crippen molar-refractivity contribution in [1.82, 2.24) is 4.90 Å². The van der Waals surface area contributed by atoms with Crippen LogP contribution in [-0.2, 0) is 24.4 Å². The molecule has 0 unspecified atom stereocenters. The summed E-state index contributed by atoms with van der Waals surface area (Å²) in [6.45, 7) is 9.60. The summed E-state index contributed by atoms with van der Waals surface area (Å²) < 4.78 is 36.6. The lowest BCUT2D eigenvalue weighted by atomic mass is 9.63. The number of halogens is 2. The fraction of sp³-hybridized carbons (Fsp3) is 0.455. The van der Waals surface area contributed by atoms with Gasteiger partial charge in [0.1, 0.15) is 4.90 Å². The van der Waals surface area contributed by atoms with Crippen LogP contribution in [-0.4, -0.2) is 45.1 Å². The van der Waals surface area contributed by atoms with E-state index in [9.17, 15) is 18.0 Å². The summed E-state index contributed by atoms with van der Waals surface area (Å²) in [4.78, 5) is 30.0. The summed E-state index contributed by atoms with van der Waals surface area (Å²) in [5.41, 5.74) is 3.33. The van der Waals surface area contributed by atoms with Crippen molar-refractivity contribution in [3.8, 4) is 5.75 Å². The summed E-state index contributed by atoms with van der Waals surface area (Å²) in [5, 5.41) is 0.462. The molecule has 0 atom stereocenters. The van der Waals surface area contributed by atoms with E-state index < -0.39 is 16.0 Å². The van der Waals surface area contributed by atoms with E-state index in [0.29, 0.717) is 60.6 Å². The molecule has 0 radical (unpaired) electrons. The van der Waals surface area contributed by atoms with Crippen LogP contribution in [0.4, 0.5) is 0 Å². The molecule has 3 aliphatic rings. The average Bonchev–Trinajstić information content (AvgIpc) is 2.89. The van der Waals surface area contributed by atoms with Crippen molar-refractivity contribution in [2.75, 3.05) is 20.3 Å². The number of hydrogen-bond acceptors (Lipinski definition) is 7.